The van der Waals surface area contributed by atoms with Crippen molar-refractivity contribution in [3.8, 4) is 0 Å². The van der Waals surface area contributed by atoms with Gasteiger partial charge in [-0.15, -0.1) is 0 Å². The third-order valence-corrected chi connectivity index (χ3v) is 7.52. The van der Waals surface area contributed by atoms with Crippen molar-refractivity contribution in [2.45, 2.75) is 49.4 Å². The molecule has 1 saturated carbocycles. The predicted octanol–water partition coefficient (Wildman–Crippen LogP) is -0.637. The van der Waals surface area contributed by atoms with Gasteiger partial charge in [0, 0.05) is 12.1 Å². The van der Waals surface area contributed by atoms with E-state index < -0.39 is 25.1 Å². The summed E-state index contributed by atoms with van der Waals surface area (Å²) in [5, 5.41) is -0.589. The van der Waals surface area contributed by atoms with Crippen LogP contribution in [0.25, 0.3) is 0 Å². The van der Waals surface area contributed by atoms with Gasteiger partial charge in [-0.2, -0.15) is 0 Å². The Morgan fingerprint density at radius 3 is 2.17 bits per heavy atom. The van der Waals surface area contributed by atoms with E-state index in [4.69, 9.17) is 5.73 Å². The van der Waals surface area contributed by atoms with Crippen molar-refractivity contribution in [3.05, 3.63) is 0 Å². The molecule has 2 aliphatic rings. The first-order valence-electron chi connectivity index (χ1n) is 6.27. The maximum Gasteiger partial charge on any atom is 0.214 e. The largest absolute Gasteiger partial charge is 0.326 e. The van der Waals surface area contributed by atoms with Crippen LogP contribution in [0.3, 0.4) is 0 Å². The molecule has 0 amide bonds. The lowest BCUT2D eigenvalue weighted by Crippen LogP contribution is -2.48. The second-order valence-electron chi connectivity index (χ2n) is 5.22. The SMILES string of the molecule is NC1CCCC1NS(=O)(=O)C1CCS(=O)(=O)CC1. The summed E-state index contributed by atoms with van der Waals surface area (Å²) in [6.07, 6.45) is 2.93. The average Bonchev–Trinajstić information content (AvgIpc) is 2.63. The Bertz CT molecular complexity index is 486. The van der Waals surface area contributed by atoms with E-state index in [1.807, 2.05) is 0 Å². The molecule has 18 heavy (non-hydrogen) atoms. The van der Waals surface area contributed by atoms with E-state index in [0.717, 1.165) is 19.3 Å². The van der Waals surface area contributed by atoms with Gasteiger partial charge in [0.25, 0.3) is 0 Å². The first kappa shape index (κ1) is 14.2. The van der Waals surface area contributed by atoms with E-state index in [2.05, 4.69) is 4.72 Å². The number of nitrogens with one attached hydrogen (secondary N) is 1. The zero-order valence-electron chi connectivity index (χ0n) is 10.2. The summed E-state index contributed by atoms with van der Waals surface area (Å²) in [5.74, 6) is -0.0649. The quantitative estimate of drug-likeness (QED) is 0.720. The molecule has 6 nitrogen and oxygen atoms in total. The standard InChI is InChI=1S/C10H20N2O4S2/c11-9-2-1-3-10(9)12-18(15,16)8-4-6-17(13,14)7-5-8/h8-10,12H,1-7,11H2. The Labute approximate surface area is 108 Å². The molecule has 0 radical (unpaired) electrons. The van der Waals surface area contributed by atoms with Crippen LogP contribution in [-0.4, -0.2) is 45.7 Å². The number of sulfone groups is 1. The van der Waals surface area contributed by atoms with Crippen LogP contribution in [0.15, 0.2) is 0 Å². The maximum atomic E-state index is 12.1. The third kappa shape index (κ3) is 3.23. The lowest BCUT2D eigenvalue weighted by atomic mass is 10.2. The molecule has 1 aliphatic carbocycles. The van der Waals surface area contributed by atoms with Gasteiger partial charge in [-0.1, -0.05) is 6.42 Å². The van der Waals surface area contributed by atoms with Crippen LogP contribution in [0.5, 0.6) is 0 Å². The molecule has 0 spiro atoms. The number of rotatable bonds is 3. The Kier molecular flexibility index (Phi) is 4.01. The first-order chi connectivity index (χ1) is 8.30. The lowest BCUT2D eigenvalue weighted by molar-refractivity contribution is 0.504. The van der Waals surface area contributed by atoms with E-state index in [9.17, 15) is 16.8 Å². The van der Waals surface area contributed by atoms with Gasteiger partial charge in [-0.3, -0.25) is 0 Å². The summed E-state index contributed by atoms with van der Waals surface area (Å²) < 4.78 is 49.5. The highest BCUT2D eigenvalue weighted by atomic mass is 32.2. The minimum Gasteiger partial charge on any atom is -0.326 e. The van der Waals surface area contributed by atoms with Crippen LogP contribution in [0.1, 0.15) is 32.1 Å². The second-order valence-corrected chi connectivity index (χ2v) is 9.51. The molecule has 8 heteroatoms. The van der Waals surface area contributed by atoms with Gasteiger partial charge < -0.3 is 5.73 Å². The topological polar surface area (TPSA) is 106 Å². The average molecular weight is 296 g/mol. The highest BCUT2D eigenvalue weighted by Crippen LogP contribution is 2.22. The molecule has 1 aliphatic heterocycles. The van der Waals surface area contributed by atoms with Crippen molar-refractivity contribution in [2.75, 3.05) is 11.5 Å². The summed E-state index contributed by atoms with van der Waals surface area (Å²) in [7, 11) is -6.48. The van der Waals surface area contributed by atoms with Gasteiger partial charge in [0.1, 0.15) is 9.84 Å². The van der Waals surface area contributed by atoms with Crippen molar-refractivity contribution < 1.29 is 16.8 Å². The van der Waals surface area contributed by atoms with Crippen molar-refractivity contribution in [3.63, 3.8) is 0 Å². The van der Waals surface area contributed by atoms with Crippen LogP contribution in [-0.2, 0) is 19.9 Å². The fraction of sp³-hybridized carbons (Fsp3) is 1.00. The molecule has 2 fully saturated rings. The Morgan fingerprint density at radius 2 is 1.67 bits per heavy atom. The summed E-state index contributed by atoms with van der Waals surface area (Å²) in [6, 6.07) is -0.305. The van der Waals surface area contributed by atoms with Gasteiger partial charge in [0.2, 0.25) is 10.0 Å². The molecule has 2 rings (SSSR count). The zero-order chi connectivity index (χ0) is 13.4. The molecular formula is C10H20N2O4S2. The number of hydrogen-bond acceptors (Lipinski definition) is 5. The van der Waals surface area contributed by atoms with Gasteiger partial charge in [-0.05, 0) is 25.7 Å². The molecule has 2 atom stereocenters. The Morgan fingerprint density at radius 1 is 1.06 bits per heavy atom. The summed E-state index contributed by atoms with van der Waals surface area (Å²) >= 11 is 0. The van der Waals surface area contributed by atoms with Crippen molar-refractivity contribution in [1.29, 1.82) is 0 Å². The van der Waals surface area contributed by atoms with Crippen molar-refractivity contribution in [2.24, 2.45) is 5.73 Å². The fourth-order valence-corrected chi connectivity index (χ4v) is 6.17. The normalized spacial score (nSPS) is 33.6. The predicted molar refractivity (Wildman–Crippen MR) is 69.3 cm³/mol. The molecule has 3 N–H and O–H groups in total. The monoisotopic (exact) mass is 296 g/mol. The summed E-state index contributed by atoms with van der Waals surface area (Å²) in [5.41, 5.74) is 5.84. The van der Waals surface area contributed by atoms with E-state index >= 15 is 0 Å². The van der Waals surface area contributed by atoms with Gasteiger partial charge in [0.15, 0.2) is 0 Å². The Balaban J connectivity index is 1.99. The van der Waals surface area contributed by atoms with Crippen LogP contribution in [0.2, 0.25) is 0 Å². The van der Waals surface area contributed by atoms with E-state index in [1.165, 1.54) is 0 Å². The Hall–Kier alpha value is -0.180. The number of nitrogens with two attached hydrogens (primary N) is 1. The number of sulfonamides is 1. The lowest BCUT2D eigenvalue weighted by Gasteiger charge is -2.25. The maximum absolute atomic E-state index is 12.1. The van der Waals surface area contributed by atoms with Gasteiger partial charge in [0.05, 0.1) is 16.8 Å². The van der Waals surface area contributed by atoms with Crippen molar-refractivity contribution >= 4 is 19.9 Å². The van der Waals surface area contributed by atoms with Crippen LogP contribution in [0.4, 0.5) is 0 Å². The fourth-order valence-electron chi connectivity index (χ4n) is 2.62. The molecule has 2 unspecified atom stereocenters. The van der Waals surface area contributed by atoms with E-state index in [-0.39, 0.29) is 36.4 Å². The minimum absolute atomic E-state index is 0.0324. The van der Waals surface area contributed by atoms with E-state index in [1.54, 1.807) is 0 Å². The van der Waals surface area contributed by atoms with Gasteiger partial charge in [-0.25, -0.2) is 21.6 Å². The molecule has 106 valence electrons. The second kappa shape index (κ2) is 5.07. The third-order valence-electron chi connectivity index (χ3n) is 3.83. The highest BCUT2D eigenvalue weighted by molar-refractivity contribution is 7.92. The van der Waals surface area contributed by atoms with Crippen molar-refractivity contribution in [1.82, 2.24) is 4.72 Å². The zero-order valence-corrected chi connectivity index (χ0v) is 11.8. The minimum atomic E-state index is -3.44. The molecule has 0 aromatic carbocycles. The number of hydrogen-bond donors (Lipinski definition) is 2. The molecule has 0 aromatic heterocycles. The molecule has 0 bridgehead atoms. The van der Waals surface area contributed by atoms with Gasteiger partial charge >= 0.3 is 0 Å². The smallest absolute Gasteiger partial charge is 0.214 e. The molecular weight excluding hydrogens is 276 g/mol. The highest BCUT2D eigenvalue weighted by Gasteiger charge is 2.36. The first-order valence-corrected chi connectivity index (χ1v) is 9.64. The molecule has 1 saturated heterocycles. The van der Waals surface area contributed by atoms with E-state index in [0.29, 0.717) is 0 Å². The summed E-state index contributed by atoms with van der Waals surface area (Å²) in [6.45, 7) is 0. The van der Waals surface area contributed by atoms with Crippen LogP contribution in [0, 0.1) is 0 Å². The molecule has 1 heterocycles. The van der Waals surface area contributed by atoms with Crippen LogP contribution >= 0.6 is 0 Å². The van der Waals surface area contributed by atoms with Crippen LogP contribution < -0.4 is 10.5 Å². The summed E-state index contributed by atoms with van der Waals surface area (Å²) in [4.78, 5) is 0. The molecule has 0 aromatic rings.